The number of nitrogens with zero attached hydrogens (tertiary/aromatic N) is 1. The zero-order valence-corrected chi connectivity index (χ0v) is 11.3. The van der Waals surface area contributed by atoms with Gasteiger partial charge in [-0.2, -0.15) is 0 Å². The number of H-pyrrole nitrogens is 1. The average molecular weight is 275 g/mol. The molecule has 2 heterocycles. The molecule has 0 bridgehead atoms. The molecule has 6 nitrogen and oxygen atoms in total. The third kappa shape index (κ3) is 4.40. The Balaban J connectivity index is 1.86. The van der Waals surface area contributed by atoms with E-state index >= 15 is 0 Å². The lowest BCUT2D eigenvalue weighted by Gasteiger charge is -2.07. The molecule has 0 spiro atoms. The summed E-state index contributed by atoms with van der Waals surface area (Å²) in [4.78, 5) is 17.9. The number of ether oxygens (including phenoxy) is 2. The van der Waals surface area contributed by atoms with E-state index in [0.717, 1.165) is 11.3 Å². The van der Waals surface area contributed by atoms with Crippen molar-refractivity contribution in [2.24, 2.45) is 0 Å². The van der Waals surface area contributed by atoms with Gasteiger partial charge in [-0.25, -0.2) is 4.98 Å². The zero-order valence-electron chi connectivity index (χ0n) is 11.3. The lowest BCUT2D eigenvalue weighted by atomic mass is 10.2. The van der Waals surface area contributed by atoms with Crippen molar-refractivity contribution in [3.8, 4) is 5.88 Å². The van der Waals surface area contributed by atoms with Crippen LogP contribution in [0.2, 0.25) is 0 Å². The van der Waals surface area contributed by atoms with Crippen molar-refractivity contribution in [1.29, 1.82) is 0 Å². The van der Waals surface area contributed by atoms with Gasteiger partial charge in [-0.3, -0.25) is 4.79 Å². The molecule has 106 valence electrons. The molecule has 20 heavy (non-hydrogen) atoms. The number of anilines is 1. The highest BCUT2D eigenvalue weighted by Gasteiger charge is 1.98. The summed E-state index contributed by atoms with van der Waals surface area (Å²) < 4.78 is 10.3. The highest BCUT2D eigenvalue weighted by atomic mass is 16.5. The molecule has 0 fully saturated rings. The van der Waals surface area contributed by atoms with Gasteiger partial charge < -0.3 is 19.8 Å². The largest absolute Gasteiger partial charge is 0.475 e. The Bertz CT molecular complexity index is 581. The highest BCUT2D eigenvalue weighted by Crippen LogP contribution is 2.09. The monoisotopic (exact) mass is 275 g/mol. The molecule has 0 saturated heterocycles. The van der Waals surface area contributed by atoms with E-state index in [4.69, 9.17) is 9.47 Å². The Kier molecular flexibility index (Phi) is 5.14. The summed E-state index contributed by atoms with van der Waals surface area (Å²) in [5.41, 5.74) is 1.65. The second kappa shape index (κ2) is 7.30. The van der Waals surface area contributed by atoms with Crippen molar-refractivity contribution < 1.29 is 9.47 Å². The third-order valence-electron chi connectivity index (χ3n) is 2.61. The van der Waals surface area contributed by atoms with Gasteiger partial charge in [-0.15, -0.1) is 0 Å². The van der Waals surface area contributed by atoms with Crippen LogP contribution >= 0.6 is 0 Å². The van der Waals surface area contributed by atoms with E-state index in [1.807, 2.05) is 12.1 Å². The summed E-state index contributed by atoms with van der Waals surface area (Å²) in [6.07, 6.45) is 3.35. The van der Waals surface area contributed by atoms with Crippen LogP contribution in [-0.4, -0.2) is 30.3 Å². The predicted molar refractivity (Wildman–Crippen MR) is 76.0 cm³/mol. The van der Waals surface area contributed by atoms with Crippen LogP contribution in [-0.2, 0) is 11.3 Å². The normalized spacial score (nSPS) is 10.2. The summed E-state index contributed by atoms with van der Waals surface area (Å²) in [5.74, 6) is 0.571. The van der Waals surface area contributed by atoms with Crippen molar-refractivity contribution in [3.63, 3.8) is 0 Å². The van der Waals surface area contributed by atoms with Gasteiger partial charge in [-0.05, 0) is 11.6 Å². The van der Waals surface area contributed by atoms with E-state index in [-0.39, 0.29) is 5.56 Å². The molecule has 0 radical (unpaired) electrons. The first-order chi connectivity index (χ1) is 9.78. The minimum absolute atomic E-state index is 0.130. The van der Waals surface area contributed by atoms with Gasteiger partial charge in [0.25, 0.3) is 0 Å². The van der Waals surface area contributed by atoms with Crippen molar-refractivity contribution in [1.82, 2.24) is 9.97 Å². The van der Waals surface area contributed by atoms with Crippen LogP contribution < -0.4 is 15.6 Å². The van der Waals surface area contributed by atoms with Gasteiger partial charge in [-0.1, -0.05) is 6.07 Å². The van der Waals surface area contributed by atoms with Gasteiger partial charge in [0.15, 0.2) is 0 Å². The van der Waals surface area contributed by atoms with Crippen LogP contribution in [0.3, 0.4) is 0 Å². The minimum Gasteiger partial charge on any atom is -0.475 e. The Morgan fingerprint density at radius 2 is 2.20 bits per heavy atom. The second-order valence-corrected chi connectivity index (χ2v) is 4.14. The quantitative estimate of drug-likeness (QED) is 0.747. The van der Waals surface area contributed by atoms with Gasteiger partial charge in [0.2, 0.25) is 11.4 Å². The molecule has 0 aliphatic heterocycles. The zero-order chi connectivity index (χ0) is 14.2. The van der Waals surface area contributed by atoms with E-state index in [1.165, 1.54) is 6.07 Å². The van der Waals surface area contributed by atoms with E-state index in [0.29, 0.717) is 25.6 Å². The Labute approximate surface area is 116 Å². The summed E-state index contributed by atoms with van der Waals surface area (Å²) >= 11 is 0. The molecule has 0 unspecified atom stereocenters. The number of rotatable bonds is 7. The van der Waals surface area contributed by atoms with Crippen LogP contribution in [0.4, 0.5) is 5.69 Å². The molecule has 2 N–H and O–H groups in total. The summed E-state index contributed by atoms with van der Waals surface area (Å²) in [6, 6.07) is 7.05. The fourth-order valence-corrected chi connectivity index (χ4v) is 1.59. The Hall–Kier alpha value is -2.34. The molecule has 6 heteroatoms. The molecule has 0 atom stereocenters. The number of nitrogens with one attached hydrogen (secondary N) is 2. The standard InChI is InChI=1S/C14H17N3O3/c1-19-6-7-20-14-3-2-11(10-17-14)9-16-12-4-5-15-13(18)8-12/h2-5,8,10H,6-7,9H2,1H3,(H2,15,16,18). The Morgan fingerprint density at radius 3 is 2.90 bits per heavy atom. The summed E-state index contributed by atoms with van der Waals surface area (Å²) in [6.45, 7) is 1.61. The molecular weight excluding hydrogens is 258 g/mol. The topological polar surface area (TPSA) is 76.2 Å². The SMILES string of the molecule is COCCOc1ccc(CNc2cc[nH]c(=O)c2)cn1. The number of hydrogen-bond acceptors (Lipinski definition) is 5. The van der Waals surface area contributed by atoms with Crippen molar-refractivity contribution in [2.45, 2.75) is 6.54 Å². The molecule has 0 aliphatic rings. The van der Waals surface area contributed by atoms with E-state index < -0.39 is 0 Å². The third-order valence-corrected chi connectivity index (χ3v) is 2.61. The molecule has 0 aliphatic carbocycles. The van der Waals surface area contributed by atoms with Gasteiger partial charge in [0.1, 0.15) is 6.61 Å². The lowest BCUT2D eigenvalue weighted by molar-refractivity contribution is 0.143. The summed E-state index contributed by atoms with van der Waals surface area (Å²) in [5, 5.41) is 3.15. The van der Waals surface area contributed by atoms with E-state index in [1.54, 1.807) is 25.6 Å². The molecule has 2 rings (SSSR count). The smallest absolute Gasteiger partial charge is 0.249 e. The molecule has 2 aromatic heterocycles. The number of hydrogen-bond donors (Lipinski definition) is 2. The van der Waals surface area contributed by atoms with Crippen LogP contribution in [0.25, 0.3) is 0 Å². The first kappa shape index (κ1) is 14.1. The molecular formula is C14H17N3O3. The van der Waals surface area contributed by atoms with Crippen LogP contribution in [0, 0.1) is 0 Å². The van der Waals surface area contributed by atoms with Crippen molar-refractivity contribution >= 4 is 5.69 Å². The fraction of sp³-hybridized carbons (Fsp3) is 0.286. The van der Waals surface area contributed by atoms with Crippen LogP contribution in [0.5, 0.6) is 5.88 Å². The number of aromatic amines is 1. The maximum atomic E-state index is 11.1. The number of methoxy groups -OCH3 is 1. The highest BCUT2D eigenvalue weighted by molar-refractivity contribution is 5.41. The van der Waals surface area contributed by atoms with Gasteiger partial charge >= 0.3 is 0 Å². The maximum Gasteiger partial charge on any atom is 0.249 e. The number of pyridine rings is 2. The second-order valence-electron chi connectivity index (χ2n) is 4.14. The van der Waals surface area contributed by atoms with Gasteiger partial charge in [0, 0.05) is 43.9 Å². The van der Waals surface area contributed by atoms with Gasteiger partial charge in [0.05, 0.1) is 6.61 Å². The first-order valence-electron chi connectivity index (χ1n) is 6.27. The van der Waals surface area contributed by atoms with Crippen LogP contribution in [0.15, 0.2) is 41.5 Å². The molecule has 0 amide bonds. The molecule has 0 saturated carbocycles. The van der Waals surface area contributed by atoms with Crippen molar-refractivity contribution in [2.75, 3.05) is 25.6 Å². The molecule has 0 aromatic carbocycles. The van der Waals surface area contributed by atoms with E-state index in [9.17, 15) is 4.79 Å². The number of aromatic nitrogens is 2. The average Bonchev–Trinajstić information content (AvgIpc) is 2.47. The Morgan fingerprint density at radius 1 is 1.30 bits per heavy atom. The lowest BCUT2D eigenvalue weighted by Crippen LogP contribution is -2.07. The fourth-order valence-electron chi connectivity index (χ4n) is 1.59. The predicted octanol–water partition coefficient (Wildman–Crippen LogP) is 1.41. The summed E-state index contributed by atoms with van der Waals surface area (Å²) in [7, 11) is 1.63. The van der Waals surface area contributed by atoms with Crippen molar-refractivity contribution in [3.05, 3.63) is 52.6 Å². The van der Waals surface area contributed by atoms with Crippen LogP contribution in [0.1, 0.15) is 5.56 Å². The minimum atomic E-state index is -0.130. The first-order valence-corrected chi connectivity index (χ1v) is 6.27. The van der Waals surface area contributed by atoms with E-state index in [2.05, 4.69) is 15.3 Å². The maximum absolute atomic E-state index is 11.1. The molecule has 2 aromatic rings.